The highest BCUT2D eigenvalue weighted by Crippen LogP contribution is 2.51. The number of carbonyl (C=O) groups is 2. The third kappa shape index (κ3) is 2.59. The highest BCUT2D eigenvalue weighted by Gasteiger charge is 2.66. The van der Waals surface area contributed by atoms with E-state index in [1.807, 2.05) is 6.92 Å². The first-order valence-electron chi connectivity index (χ1n) is 7.17. The van der Waals surface area contributed by atoms with Crippen molar-refractivity contribution in [1.82, 2.24) is 5.32 Å². The summed E-state index contributed by atoms with van der Waals surface area (Å²) in [5, 5.41) is 12.9. The number of aliphatic carboxylic acids is 1. The molecule has 2 rings (SSSR count). The molecule has 22 heavy (non-hydrogen) atoms. The van der Waals surface area contributed by atoms with Crippen LogP contribution in [0.1, 0.15) is 37.6 Å². The second-order valence-electron chi connectivity index (χ2n) is 6.04. The summed E-state index contributed by atoms with van der Waals surface area (Å²) < 4.78 is 5.57. The fraction of sp³-hybridized carbons (Fsp3) is 0.500. The molecule has 2 N–H and O–H groups in total. The molecule has 6 heteroatoms. The number of ether oxygens (including phenoxy) is 1. The Morgan fingerprint density at radius 1 is 1.36 bits per heavy atom. The highest BCUT2D eigenvalue weighted by atomic mass is 35.5. The molecule has 2 atom stereocenters. The van der Waals surface area contributed by atoms with E-state index < -0.39 is 22.8 Å². The van der Waals surface area contributed by atoms with Crippen molar-refractivity contribution >= 4 is 23.5 Å². The lowest BCUT2D eigenvalue weighted by Crippen LogP contribution is -2.76. The normalized spacial score (nSPS) is 26.1. The Morgan fingerprint density at radius 3 is 2.41 bits per heavy atom. The molecule has 120 valence electrons. The number of benzene rings is 1. The minimum absolute atomic E-state index is 0.195. The van der Waals surface area contributed by atoms with Gasteiger partial charge >= 0.3 is 5.97 Å². The van der Waals surface area contributed by atoms with E-state index in [9.17, 15) is 14.7 Å². The van der Waals surface area contributed by atoms with Crippen LogP contribution in [0.4, 0.5) is 0 Å². The van der Waals surface area contributed by atoms with Crippen molar-refractivity contribution in [2.45, 2.75) is 38.8 Å². The predicted molar refractivity (Wildman–Crippen MR) is 83.1 cm³/mol. The van der Waals surface area contributed by atoms with Gasteiger partial charge in [-0.3, -0.25) is 4.79 Å². The Labute approximate surface area is 134 Å². The molecule has 0 radical (unpaired) electrons. The first kappa shape index (κ1) is 16.8. The molecule has 2 unspecified atom stereocenters. The summed E-state index contributed by atoms with van der Waals surface area (Å²) in [7, 11) is 0. The number of halogens is 1. The lowest BCUT2D eigenvalue weighted by molar-refractivity contribution is -0.190. The van der Waals surface area contributed by atoms with E-state index >= 15 is 0 Å². The molecule has 0 spiro atoms. The van der Waals surface area contributed by atoms with E-state index in [1.165, 1.54) is 0 Å². The zero-order chi connectivity index (χ0) is 16.5. The zero-order valence-corrected chi connectivity index (χ0v) is 13.6. The number of amides is 1. The summed E-state index contributed by atoms with van der Waals surface area (Å²) in [5.74, 6) is -1.47. The van der Waals surface area contributed by atoms with E-state index in [0.29, 0.717) is 17.2 Å². The summed E-state index contributed by atoms with van der Waals surface area (Å²) in [5.41, 5.74) is -1.65. The van der Waals surface area contributed by atoms with Gasteiger partial charge in [0, 0.05) is 29.0 Å². The van der Waals surface area contributed by atoms with Crippen molar-refractivity contribution in [1.29, 1.82) is 0 Å². The monoisotopic (exact) mass is 325 g/mol. The van der Waals surface area contributed by atoms with Crippen LogP contribution in [0.2, 0.25) is 5.02 Å². The van der Waals surface area contributed by atoms with Gasteiger partial charge in [-0.15, -0.1) is 0 Å². The third-order valence-electron chi connectivity index (χ3n) is 4.56. The van der Waals surface area contributed by atoms with Gasteiger partial charge in [0.05, 0.1) is 6.10 Å². The van der Waals surface area contributed by atoms with Crippen LogP contribution in [0.5, 0.6) is 0 Å². The van der Waals surface area contributed by atoms with Crippen molar-refractivity contribution in [2.75, 3.05) is 6.61 Å². The van der Waals surface area contributed by atoms with E-state index in [2.05, 4.69) is 5.32 Å². The summed E-state index contributed by atoms with van der Waals surface area (Å²) in [6.45, 7) is 5.97. The van der Waals surface area contributed by atoms with E-state index in [1.54, 1.807) is 38.1 Å². The molecule has 0 saturated heterocycles. The van der Waals surface area contributed by atoms with E-state index in [0.717, 1.165) is 0 Å². The Morgan fingerprint density at radius 2 is 1.95 bits per heavy atom. The molecular weight excluding hydrogens is 306 g/mol. The fourth-order valence-corrected chi connectivity index (χ4v) is 3.03. The summed E-state index contributed by atoms with van der Waals surface area (Å²) in [6.07, 6.45) is 0.0572. The topological polar surface area (TPSA) is 75.6 Å². The highest BCUT2D eigenvalue weighted by molar-refractivity contribution is 6.30. The molecule has 1 aromatic rings. The molecular formula is C16H20ClNO4. The number of carboxylic acids is 1. The number of rotatable bonds is 5. The van der Waals surface area contributed by atoms with Gasteiger partial charge in [0.25, 0.3) is 5.91 Å². The van der Waals surface area contributed by atoms with Gasteiger partial charge in [-0.2, -0.15) is 0 Å². The Balaban J connectivity index is 2.22. The van der Waals surface area contributed by atoms with Crippen molar-refractivity contribution in [3.8, 4) is 0 Å². The van der Waals surface area contributed by atoms with Crippen molar-refractivity contribution < 1.29 is 19.4 Å². The third-order valence-corrected chi connectivity index (χ3v) is 4.81. The lowest BCUT2D eigenvalue weighted by Gasteiger charge is -2.58. The van der Waals surface area contributed by atoms with Crippen molar-refractivity contribution in [3.05, 3.63) is 34.9 Å². The quantitative estimate of drug-likeness (QED) is 0.872. The van der Waals surface area contributed by atoms with E-state index in [-0.39, 0.29) is 12.5 Å². The van der Waals surface area contributed by atoms with Crippen molar-refractivity contribution in [2.24, 2.45) is 5.41 Å². The average Bonchev–Trinajstić information content (AvgIpc) is 2.46. The minimum atomic E-state index is -1.33. The average molecular weight is 326 g/mol. The second kappa shape index (κ2) is 5.89. The molecule has 0 aromatic heterocycles. The van der Waals surface area contributed by atoms with Gasteiger partial charge in [0.15, 0.2) is 0 Å². The van der Waals surface area contributed by atoms with Gasteiger partial charge < -0.3 is 15.2 Å². The standard InChI is InChI=1S/C16H20ClNO4/c1-4-22-12-9-16(14(20)21,15(12,2)3)18-13(19)10-5-7-11(17)8-6-10/h5-8,12H,4,9H2,1-3H3,(H,18,19)(H,20,21). The van der Waals surface area contributed by atoms with Crippen LogP contribution >= 0.6 is 11.6 Å². The summed E-state index contributed by atoms with van der Waals surface area (Å²) >= 11 is 5.80. The summed E-state index contributed by atoms with van der Waals surface area (Å²) in [6, 6.07) is 6.33. The van der Waals surface area contributed by atoms with Crippen LogP contribution in [0.3, 0.4) is 0 Å². The van der Waals surface area contributed by atoms with Crippen LogP contribution in [0, 0.1) is 5.41 Å². The number of carbonyl (C=O) groups excluding carboxylic acids is 1. The molecule has 0 bridgehead atoms. The van der Waals surface area contributed by atoms with E-state index in [4.69, 9.17) is 16.3 Å². The molecule has 1 fully saturated rings. The second-order valence-corrected chi connectivity index (χ2v) is 6.48. The first-order valence-corrected chi connectivity index (χ1v) is 7.55. The number of hydrogen-bond acceptors (Lipinski definition) is 3. The smallest absolute Gasteiger partial charge is 0.330 e. The molecule has 1 amide bonds. The maximum Gasteiger partial charge on any atom is 0.330 e. The zero-order valence-electron chi connectivity index (χ0n) is 12.9. The van der Waals surface area contributed by atoms with Gasteiger partial charge in [-0.25, -0.2) is 4.79 Å². The summed E-state index contributed by atoms with van der Waals surface area (Å²) in [4.78, 5) is 24.2. The SMILES string of the molecule is CCOC1CC(NC(=O)c2ccc(Cl)cc2)(C(=O)O)C1(C)C. The number of carboxylic acid groups (broad SMARTS) is 1. The van der Waals surface area contributed by atoms with Crippen LogP contribution in [-0.4, -0.2) is 35.2 Å². The van der Waals surface area contributed by atoms with Gasteiger partial charge in [0.2, 0.25) is 0 Å². The van der Waals surface area contributed by atoms with Crippen molar-refractivity contribution in [3.63, 3.8) is 0 Å². The van der Waals surface area contributed by atoms with Gasteiger partial charge in [0.1, 0.15) is 5.54 Å². The molecule has 1 aliphatic rings. The Kier molecular flexibility index (Phi) is 4.49. The largest absolute Gasteiger partial charge is 0.479 e. The van der Waals surface area contributed by atoms with Gasteiger partial charge in [-0.05, 0) is 31.2 Å². The molecule has 1 aromatic carbocycles. The number of nitrogens with one attached hydrogen (secondary N) is 1. The fourth-order valence-electron chi connectivity index (χ4n) is 2.90. The maximum absolute atomic E-state index is 12.4. The minimum Gasteiger partial charge on any atom is -0.479 e. The molecule has 5 nitrogen and oxygen atoms in total. The van der Waals surface area contributed by atoms with Crippen LogP contribution in [0.15, 0.2) is 24.3 Å². The predicted octanol–water partition coefficient (Wildman–Crippen LogP) is 2.73. The molecule has 0 aliphatic heterocycles. The Bertz CT molecular complexity index is 584. The first-order chi connectivity index (χ1) is 10.2. The number of hydrogen-bond donors (Lipinski definition) is 2. The maximum atomic E-state index is 12.4. The van der Waals surface area contributed by atoms with Crippen LogP contribution in [0.25, 0.3) is 0 Å². The molecule has 1 saturated carbocycles. The Hall–Kier alpha value is -1.59. The van der Waals surface area contributed by atoms with Crippen LogP contribution in [-0.2, 0) is 9.53 Å². The lowest BCUT2D eigenvalue weighted by atomic mass is 9.54. The van der Waals surface area contributed by atoms with Gasteiger partial charge in [-0.1, -0.05) is 25.4 Å². The molecule has 0 heterocycles. The van der Waals surface area contributed by atoms with Crippen LogP contribution < -0.4 is 5.32 Å². The molecule has 1 aliphatic carbocycles.